The van der Waals surface area contributed by atoms with Crippen molar-refractivity contribution in [2.24, 2.45) is 0 Å². The van der Waals surface area contributed by atoms with E-state index in [4.69, 9.17) is 11.6 Å². The average Bonchev–Trinajstić information content (AvgIpc) is 3.44. The van der Waals surface area contributed by atoms with Gasteiger partial charge in [-0.05, 0) is 35.7 Å². The maximum absolute atomic E-state index is 12.5. The zero-order chi connectivity index (χ0) is 20.2. The number of thiophene rings is 1. The summed E-state index contributed by atoms with van der Waals surface area (Å²) in [6.07, 6.45) is 3.60. The average molecular weight is 430 g/mol. The number of benzene rings is 1. The van der Waals surface area contributed by atoms with Crippen molar-refractivity contribution in [3.05, 3.63) is 69.6 Å². The number of nitrogens with zero attached hydrogens (tertiary/aromatic N) is 4. The van der Waals surface area contributed by atoms with Crippen LogP contribution in [0.25, 0.3) is 5.69 Å². The summed E-state index contributed by atoms with van der Waals surface area (Å²) in [4.78, 5) is 29.1. The zero-order valence-corrected chi connectivity index (χ0v) is 17.2. The van der Waals surface area contributed by atoms with Crippen LogP contribution in [0.4, 0.5) is 4.79 Å². The van der Waals surface area contributed by atoms with E-state index in [1.54, 1.807) is 20.7 Å². The Labute approximate surface area is 177 Å². The Morgan fingerprint density at radius 3 is 2.48 bits per heavy atom. The number of urea groups is 1. The Morgan fingerprint density at radius 1 is 1.07 bits per heavy atom. The van der Waals surface area contributed by atoms with Crippen molar-refractivity contribution in [3.8, 4) is 5.69 Å². The fourth-order valence-corrected chi connectivity index (χ4v) is 3.96. The van der Waals surface area contributed by atoms with Crippen LogP contribution >= 0.6 is 22.9 Å². The van der Waals surface area contributed by atoms with Crippen molar-refractivity contribution >= 4 is 34.9 Å². The molecule has 4 rings (SSSR count). The lowest BCUT2D eigenvalue weighted by Crippen LogP contribution is -2.53. The largest absolute Gasteiger partial charge is 0.334 e. The number of carbonyl (C=O) groups is 2. The summed E-state index contributed by atoms with van der Waals surface area (Å²) < 4.78 is 1.74. The standard InChI is InChI=1S/C20H20ClN5O2S/c21-16-3-5-17(6-4-16)26-14-15(13-23-26)12-22-20(28)25-9-7-24(8-10-25)19(27)18-2-1-11-29-18/h1-6,11,13-14H,7-10,12H2,(H,22,28). The van der Waals surface area contributed by atoms with Gasteiger partial charge in [0, 0.05) is 49.5 Å². The lowest BCUT2D eigenvalue weighted by Gasteiger charge is -2.34. The number of piperazine rings is 1. The van der Waals surface area contributed by atoms with E-state index in [1.165, 1.54) is 11.3 Å². The third-order valence-electron chi connectivity index (χ3n) is 4.76. The summed E-state index contributed by atoms with van der Waals surface area (Å²) in [6.45, 7) is 2.51. The van der Waals surface area contributed by atoms with Crippen LogP contribution in [0.3, 0.4) is 0 Å². The topological polar surface area (TPSA) is 70.5 Å². The molecular formula is C20H20ClN5O2S. The number of carbonyl (C=O) groups excluding carboxylic acids is 2. The third-order valence-corrected chi connectivity index (χ3v) is 5.87. The van der Waals surface area contributed by atoms with Crippen LogP contribution in [0.1, 0.15) is 15.2 Å². The lowest BCUT2D eigenvalue weighted by atomic mass is 10.3. The van der Waals surface area contributed by atoms with E-state index in [0.29, 0.717) is 37.7 Å². The monoisotopic (exact) mass is 429 g/mol. The summed E-state index contributed by atoms with van der Waals surface area (Å²) in [6, 6.07) is 11.0. The van der Waals surface area contributed by atoms with Gasteiger partial charge in [0.05, 0.1) is 16.8 Å². The zero-order valence-electron chi connectivity index (χ0n) is 15.6. The molecule has 3 heterocycles. The molecule has 1 aromatic carbocycles. The number of nitrogens with one attached hydrogen (secondary N) is 1. The SMILES string of the molecule is O=C(NCc1cnn(-c2ccc(Cl)cc2)c1)N1CCN(C(=O)c2cccs2)CC1. The second-order valence-corrected chi connectivity index (χ2v) is 8.07. The summed E-state index contributed by atoms with van der Waals surface area (Å²) in [5.74, 6) is 0.0367. The second-order valence-electron chi connectivity index (χ2n) is 6.68. The quantitative estimate of drug-likeness (QED) is 0.692. The van der Waals surface area contributed by atoms with Crippen molar-refractivity contribution in [1.82, 2.24) is 24.9 Å². The first kappa shape index (κ1) is 19.5. The molecule has 1 aliphatic rings. The minimum absolute atomic E-state index is 0.0367. The number of halogens is 1. The van der Waals surface area contributed by atoms with Crippen LogP contribution in [0.2, 0.25) is 5.02 Å². The fraction of sp³-hybridized carbons (Fsp3) is 0.250. The van der Waals surface area contributed by atoms with Crippen LogP contribution < -0.4 is 5.32 Å². The highest BCUT2D eigenvalue weighted by atomic mass is 35.5. The number of aromatic nitrogens is 2. The second kappa shape index (κ2) is 8.67. The van der Waals surface area contributed by atoms with Gasteiger partial charge in [-0.2, -0.15) is 5.10 Å². The van der Waals surface area contributed by atoms with Crippen LogP contribution in [0, 0.1) is 0 Å². The normalized spacial score (nSPS) is 14.1. The Hall–Kier alpha value is -2.84. The Morgan fingerprint density at radius 2 is 1.79 bits per heavy atom. The van der Waals surface area contributed by atoms with Gasteiger partial charge in [-0.15, -0.1) is 11.3 Å². The van der Waals surface area contributed by atoms with Gasteiger partial charge in [0.1, 0.15) is 0 Å². The lowest BCUT2D eigenvalue weighted by molar-refractivity contribution is 0.0669. The Bertz CT molecular complexity index is 979. The van der Waals surface area contributed by atoms with Crippen molar-refractivity contribution < 1.29 is 9.59 Å². The summed E-state index contributed by atoms with van der Waals surface area (Å²) >= 11 is 7.35. The van der Waals surface area contributed by atoms with E-state index < -0.39 is 0 Å². The maximum atomic E-state index is 12.5. The minimum atomic E-state index is -0.132. The molecule has 1 N–H and O–H groups in total. The molecule has 0 radical (unpaired) electrons. The highest BCUT2D eigenvalue weighted by molar-refractivity contribution is 7.12. The van der Waals surface area contributed by atoms with E-state index >= 15 is 0 Å². The third kappa shape index (κ3) is 4.60. The van der Waals surface area contributed by atoms with Gasteiger partial charge < -0.3 is 15.1 Å². The summed E-state index contributed by atoms with van der Waals surface area (Å²) in [5, 5.41) is 9.82. The molecule has 29 heavy (non-hydrogen) atoms. The van der Waals surface area contributed by atoms with Crippen LogP contribution in [-0.2, 0) is 6.54 Å². The molecule has 0 aliphatic carbocycles. The number of hydrogen-bond donors (Lipinski definition) is 1. The first-order valence-electron chi connectivity index (χ1n) is 9.25. The molecule has 9 heteroatoms. The van der Waals surface area contributed by atoms with Crippen LogP contribution in [0.5, 0.6) is 0 Å². The molecule has 3 aromatic rings. The number of hydrogen-bond acceptors (Lipinski definition) is 4. The smallest absolute Gasteiger partial charge is 0.317 e. The van der Waals surface area contributed by atoms with Gasteiger partial charge in [0.2, 0.25) is 0 Å². The van der Waals surface area contributed by atoms with Gasteiger partial charge in [-0.25, -0.2) is 9.48 Å². The summed E-state index contributed by atoms with van der Waals surface area (Å²) in [5.41, 5.74) is 1.80. The van der Waals surface area contributed by atoms with Crippen molar-refractivity contribution in [3.63, 3.8) is 0 Å². The maximum Gasteiger partial charge on any atom is 0.317 e. The van der Waals surface area contributed by atoms with Gasteiger partial charge >= 0.3 is 6.03 Å². The fourth-order valence-electron chi connectivity index (χ4n) is 3.14. The molecule has 1 fully saturated rings. The van der Waals surface area contributed by atoms with Crippen LogP contribution in [0.15, 0.2) is 54.2 Å². The Kier molecular flexibility index (Phi) is 5.82. The first-order chi connectivity index (χ1) is 14.1. The van der Waals surface area contributed by atoms with Gasteiger partial charge in [-0.1, -0.05) is 17.7 Å². The molecular weight excluding hydrogens is 410 g/mol. The van der Waals surface area contributed by atoms with E-state index in [1.807, 2.05) is 48.0 Å². The molecule has 1 saturated heterocycles. The Balaban J connectivity index is 1.26. The molecule has 2 aromatic heterocycles. The molecule has 0 spiro atoms. The number of amides is 3. The molecule has 0 unspecified atom stereocenters. The van der Waals surface area contributed by atoms with Gasteiger partial charge in [0.15, 0.2) is 0 Å². The van der Waals surface area contributed by atoms with E-state index in [2.05, 4.69) is 10.4 Å². The van der Waals surface area contributed by atoms with Crippen molar-refractivity contribution in [1.29, 1.82) is 0 Å². The van der Waals surface area contributed by atoms with E-state index in [0.717, 1.165) is 16.1 Å². The predicted molar refractivity (Wildman–Crippen MR) is 113 cm³/mol. The molecule has 1 aliphatic heterocycles. The van der Waals surface area contributed by atoms with Crippen LogP contribution in [-0.4, -0.2) is 57.7 Å². The molecule has 7 nitrogen and oxygen atoms in total. The molecule has 0 saturated carbocycles. The number of rotatable bonds is 4. The molecule has 0 atom stereocenters. The highest BCUT2D eigenvalue weighted by Gasteiger charge is 2.25. The molecule has 0 bridgehead atoms. The predicted octanol–water partition coefficient (Wildman–Crippen LogP) is 3.25. The van der Waals surface area contributed by atoms with Gasteiger partial charge in [-0.3, -0.25) is 4.79 Å². The molecule has 150 valence electrons. The van der Waals surface area contributed by atoms with Gasteiger partial charge in [0.25, 0.3) is 5.91 Å². The summed E-state index contributed by atoms with van der Waals surface area (Å²) in [7, 11) is 0. The van der Waals surface area contributed by atoms with Crippen molar-refractivity contribution in [2.45, 2.75) is 6.54 Å². The first-order valence-corrected chi connectivity index (χ1v) is 10.5. The van der Waals surface area contributed by atoms with E-state index in [9.17, 15) is 9.59 Å². The van der Waals surface area contributed by atoms with E-state index in [-0.39, 0.29) is 11.9 Å². The van der Waals surface area contributed by atoms with Crippen molar-refractivity contribution in [2.75, 3.05) is 26.2 Å². The minimum Gasteiger partial charge on any atom is -0.334 e. The molecule has 3 amide bonds. The highest BCUT2D eigenvalue weighted by Crippen LogP contribution is 2.15.